The normalized spacial score (nSPS) is 16.6. The summed E-state index contributed by atoms with van der Waals surface area (Å²) in [7, 11) is 0. The molecule has 5 heteroatoms. The van der Waals surface area contributed by atoms with Gasteiger partial charge in [0.1, 0.15) is 11.9 Å². The van der Waals surface area contributed by atoms with Gasteiger partial charge in [0.15, 0.2) is 0 Å². The van der Waals surface area contributed by atoms with E-state index in [0.29, 0.717) is 5.56 Å². The van der Waals surface area contributed by atoms with E-state index in [1.807, 2.05) is 24.3 Å². The Morgan fingerprint density at radius 3 is 2.62 bits per heavy atom. The second-order valence-corrected chi connectivity index (χ2v) is 6.81. The van der Waals surface area contributed by atoms with Crippen LogP contribution in [0.25, 0.3) is 0 Å². The number of anilines is 1. The van der Waals surface area contributed by atoms with Gasteiger partial charge < -0.3 is 10.0 Å². The zero-order valence-corrected chi connectivity index (χ0v) is 14.2. The van der Waals surface area contributed by atoms with Crippen LogP contribution in [0.4, 0.5) is 5.82 Å². The molecule has 0 aliphatic carbocycles. The molecular weight excluding hydrogens is 322 g/mol. The SMILES string of the molecule is N#Cc1cccnc1N1CCC(CO)(Cc2ccccc2Cl)CC1. The fourth-order valence-electron chi connectivity index (χ4n) is 3.37. The monoisotopic (exact) mass is 341 g/mol. The van der Waals surface area contributed by atoms with Gasteiger partial charge in [0.05, 0.1) is 5.56 Å². The Hall–Kier alpha value is -2.09. The van der Waals surface area contributed by atoms with E-state index in [2.05, 4.69) is 16.0 Å². The quantitative estimate of drug-likeness (QED) is 0.925. The zero-order valence-electron chi connectivity index (χ0n) is 13.5. The van der Waals surface area contributed by atoms with Gasteiger partial charge in [-0.1, -0.05) is 29.8 Å². The lowest BCUT2D eigenvalue weighted by molar-refractivity contribution is 0.0961. The van der Waals surface area contributed by atoms with Crippen LogP contribution in [0.15, 0.2) is 42.6 Å². The molecule has 0 unspecified atom stereocenters. The Morgan fingerprint density at radius 1 is 1.21 bits per heavy atom. The van der Waals surface area contributed by atoms with Crippen molar-refractivity contribution in [2.45, 2.75) is 19.3 Å². The smallest absolute Gasteiger partial charge is 0.146 e. The van der Waals surface area contributed by atoms with E-state index >= 15 is 0 Å². The van der Waals surface area contributed by atoms with Crippen molar-refractivity contribution in [3.05, 3.63) is 58.7 Å². The van der Waals surface area contributed by atoms with Gasteiger partial charge in [-0.25, -0.2) is 4.98 Å². The number of benzene rings is 1. The van der Waals surface area contributed by atoms with E-state index in [4.69, 9.17) is 11.6 Å². The molecular formula is C19H20ClN3O. The average Bonchev–Trinajstić information content (AvgIpc) is 2.64. The summed E-state index contributed by atoms with van der Waals surface area (Å²) in [5.74, 6) is 0.740. The number of rotatable bonds is 4. The summed E-state index contributed by atoms with van der Waals surface area (Å²) in [6.45, 7) is 1.69. The minimum absolute atomic E-state index is 0.138. The van der Waals surface area contributed by atoms with Crippen LogP contribution in [0.3, 0.4) is 0 Å². The molecule has 4 nitrogen and oxygen atoms in total. The van der Waals surface area contributed by atoms with Crippen molar-refractivity contribution in [1.29, 1.82) is 5.26 Å². The lowest BCUT2D eigenvalue weighted by Gasteiger charge is -2.41. The average molecular weight is 342 g/mol. The Balaban J connectivity index is 1.75. The summed E-state index contributed by atoms with van der Waals surface area (Å²) in [6, 6.07) is 13.6. The number of piperidine rings is 1. The lowest BCUT2D eigenvalue weighted by atomic mass is 9.74. The number of pyridine rings is 1. The molecule has 0 atom stereocenters. The van der Waals surface area contributed by atoms with Crippen LogP contribution < -0.4 is 4.90 Å². The van der Waals surface area contributed by atoms with Gasteiger partial charge in [-0.15, -0.1) is 0 Å². The first-order valence-corrected chi connectivity index (χ1v) is 8.50. The summed E-state index contributed by atoms with van der Waals surface area (Å²) < 4.78 is 0. The molecule has 1 saturated heterocycles. The number of hydrogen-bond acceptors (Lipinski definition) is 4. The van der Waals surface area contributed by atoms with Gasteiger partial charge in [0, 0.05) is 36.3 Å². The largest absolute Gasteiger partial charge is 0.396 e. The number of aliphatic hydroxyl groups is 1. The first-order chi connectivity index (χ1) is 11.7. The highest BCUT2D eigenvalue weighted by molar-refractivity contribution is 6.31. The summed E-state index contributed by atoms with van der Waals surface area (Å²) >= 11 is 6.29. The maximum atomic E-state index is 10.0. The summed E-state index contributed by atoms with van der Waals surface area (Å²) in [5, 5.41) is 20.0. The topological polar surface area (TPSA) is 60.2 Å². The van der Waals surface area contributed by atoms with Crippen LogP contribution in [-0.2, 0) is 6.42 Å². The highest BCUT2D eigenvalue weighted by Gasteiger charge is 2.35. The summed E-state index contributed by atoms with van der Waals surface area (Å²) in [4.78, 5) is 6.50. The van der Waals surface area contributed by atoms with Crippen molar-refractivity contribution in [3.8, 4) is 6.07 Å². The van der Waals surface area contributed by atoms with Crippen molar-refractivity contribution in [1.82, 2.24) is 4.98 Å². The molecule has 1 aromatic heterocycles. The molecule has 0 radical (unpaired) electrons. The van der Waals surface area contributed by atoms with Crippen LogP contribution >= 0.6 is 11.6 Å². The number of nitrogens with zero attached hydrogens (tertiary/aromatic N) is 3. The van der Waals surface area contributed by atoms with Crippen molar-refractivity contribution in [2.24, 2.45) is 5.41 Å². The van der Waals surface area contributed by atoms with Crippen LogP contribution in [0.5, 0.6) is 0 Å². The van der Waals surface area contributed by atoms with E-state index in [1.54, 1.807) is 18.3 Å². The van der Waals surface area contributed by atoms with E-state index < -0.39 is 0 Å². The van der Waals surface area contributed by atoms with Gasteiger partial charge in [-0.2, -0.15) is 5.26 Å². The third-order valence-corrected chi connectivity index (χ3v) is 5.26. The molecule has 1 aliphatic rings. The Kier molecular flexibility index (Phi) is 5.03. The van der Waals surface area contributed by atoms with Gasteiger partial charge in [-0.3, -0.25) is 0 Å². The molecule has 2 aromatic rings. The van der Waals surface area contributed by atoms with Crippen molar-refractivity contribution in [2.75, 3.05) is 24.6 Å². The second kappa shape index (κ2) is 7.21. The summed E-state index contributed by atoms with van der Waals surface area (Å²) in [5.41, 5.74) is 1.51. The maximum Gasteiger partial charge on any atom is 0.146 e. The Bertz CT molecular complexity index is 748. The van der Waals surface area contributed by atoms with Crippen LogP contribution in [0.2, 0.25) is 5.02 Å². The molecule has 0 spiro atoms. The number of aromatic nitrogens is 1. The van der Waals surface area contributed by atoms with E-state index in [-0.39, 0.29) is 12.0 Å². The van der Waals surface area contributed by atoms with Crippen LogP contribution in [-0.4, -0.2) is 29.8 Å². The fourth-order valence-corrected chi connectivity index (χ4v) is 3.57. The molecule has 0 amide bonds. The standard InChI is InChI=1S/C19H20ClN3O/c20-17-6-2-1-4-15(17)12-19(14-24)7-10-23(11-8-19)18-16(13-21)5-3-9-22-18/h1-6,9,24H,7-8,10-12,14H2. The van der Waals surface area contributed by atoms with E-state index in [9.17, 15) is 10.4 Å². The molecule has 1 N–H and O–H groups in total. The van der Waals surface area contributed by atoms with Crippen molar-refractivity contribution < 1.29 is 5.11 Å². The molecule has 0 bridgehead atoms. The van der Waals surface area contributed by atoms with Gasteiger partial charge in [0.25, 0.3) is 0 Å². The van der Waals surface area contributed by atoms with E-state index in [1.165, 1.54) is 0 Å². The molecule has 24 heavy (non-hydrogen) atoms. The molecule has 1 aliphatic heterocycles. The summed E-state index contributed by atoms with van der Waals surface area (Å²) in [6.07, 6.45) is 4.17. The third kappa shape index (κ3) is 3.38. The Labute approximate surface area is 147 Å². The molecule has 2 heterocycles. The van der Waals surface area contributed by atoms with Gasteiger partial charge >= 0.3 is 0 Å². The number of aliphatic hydroxyl groups excluding tert-OH is 1. The van der Waals surface area contributed by atoms with Gasteiger partial charge in [-0.05, 0) is 43.0 Å². The number of halogens is 1. The highest BCUT2D eigenvalue weighted by Crippen LogP contribution is 2.37. The minimum atomic E-state index is -0.164. The first-order valence-electron chi connectivity index (χ1n) is 8.12. The highest BCUT2D eigenvalue weighted by atomic mass is 35.5. The minimum Gasteiger partial charge on any atom is -0.396 e. The second-order valence-electron chi connectivity index (χ2n) is 6.40. The number of nitriles is 1. The number of hydrogen-bond donors (Lipinski definition) is 1. The zero-order chi connectivity index (χ0) is 17.0. The van der Waals surface area contributed by atoms with Crippen LogP contribution in [0, 0.1) is 16.7 Å². The first kappa shape index (κ1) is 16.8. The molecule has 124 valence electrons. The predicted molar refractivity (Wildman–Crippen MR) is 95.1 cm³/mol. The van der Waals surface area contributed by atoms with Crippen molar-refractivity contribution >= 4 is 17.4 Å². The van der Waals surface area contributed by atoms with E-state index in [0.717, 1.165) is 48.8 Å². The maximum absolute atomic E-state index is 10.0. The van der Waals surface area contributed by atoms with Crippen molar-refractivity contribution in [3.63, 3.8) is 0 Å². The molecule has 1 fully saturated rings. The Morgan fingerprint density at radius 2 is 1.96 bits per heavy atom. The predicted octanol–water partition coefficient (Wildman–Crippen LogP) is 3.43. The molecule has 3 rings (SSSR count). The van der Waals surface area contributed by atoms with Gasteiger partial charge in [0.2, 0.25) is 0 Å². The third-order valence-electron chi connectivity index (χ3n) is 4.89. The molecule has 1 aromatic carbocycles. The van der Waals surface area contributed by atoms with Crippen LogP contribution in [0.1, 0.15) is 24.0 Å². The molecule has 0 saturated carbocycles. The fraction of sp³-hybridized carbons (Fsp3) is 0.368. The lowest BCUT2D eigenvalue weighted by Crippen LogP contribution is -2.43.